The molecule has 134 valence electrons. The Morgan fingerprint density at radius 3 is 2.39 bits per heavy atom. The third kappa shape index (κ3) is 10.6. The van der Waals surface area contributed by atoms with Gasteiger partial charge in [0, 0.05) is 26.6 Å². The monoisotopic (exact) mass is 436 g/mol. The minimum Gasteiger partial charge on any atom is -0.469 e. The van der Waals surface area contributed by atoms with E-state index in [9.17, 15) is 0 Å². The fraction of sp³-hybridized carbons (Fsp3) is 0.706. The number of aliphatic imine (C=N–C) groups is 1. The lowest BCUT2D eigenvalue weighted by atomic mass is 10.3. The molecule has 1 rings (SSSR count). The van der Waals surface area contributed by atoms with Gasteiger partial charge in [0.25, 0.3) is 0 Å². The molecule has 0 atom stereocenters. The zero-order valence-corrected chi connectivity index (χ0v) is 17.1. The van der Waals surface area contributed by atoms with Gasteiger partial charge in [0.05, 0.1) is 6.26 Å². The van der Waals surface area contributed by atoms with Crippen LogP contribution in [0.15, 0.2) is 27.8 Å². The second-order valence-corrected chi connectivity index (χ2v) is 5.45. The second kappa shape index (κ2) is 14.8. The Bertz CT molecular complexity index is 389. The summed E-state index contributed by atoms with van der Waals surface area (Å²) in [5, 5.41) is 6.68. The summed E-state index contributed by atoms with van der Waals surface area (Å²) < 4.78 is 5.31. The van der Waals surface area contributed by atoms with E-state index in [4.69, 9.17) is 4.42 Å². The lowest BCUT2D eigenvalue weighted by Gasteiger charge is -2.21. The van der Waals surface area contributed by atoms with Crippen LogP contribution in [0, 0.1) is 0 Å². The van der Waals surface area contributed by atoms with Gasteiger partial charge in [-0.3, -0.25) is 4.99 Å². The lowest BCUT2D eigenvalue weighted by molar-refractivity contribution is 0.271. The molecule has 0 amide bonds. The molecule has 0 aromatic carbocycles. The maximum Gasteiger partial charge on any atom is 0.190 e. The van der Waals surface area contributed by atoms with Gasteiger partial charge in [-0.1, -0.05) is 13.8 Å². The van der Waals surface area contributed by atoms with Crippen molar-refractivity contribution in [3.05, 3.63) is 24.2 Å². The van der Waals surface area contributed by atoms with Crippen LogP contribution in [0.3, 0.4) is 0 Å². The predicted octanol–water partition coefficient (Wildman–Crippen LogP) is 3.12. The van der Waals surface area contributed by atoms with E-state index in [1.165, 1.54) is 25.9 Å². The molecule has 1 heterocycles. The summed E-state index contributed by atoms with van der Waals surface area (Å²) in [6.07, 6.45) is 6.17. The molecule has 0 saturated heterocycles. The number of hydrogen-bond donors (Lipinski definition) is 2. The molecule has 6 heteroatoms. The number of guanidine groups is 1. The summed E-state index contributed by atoms with van der Waals surface area (Å²) in [4.78, 5) is 6.78. The van der Waals surface area contributed by atoms with Crippen LogP contribution in [0.5, 0.6) is 0 Å². The van der Waals surface area contributed by atoms with Crippen molar-refractivity contribution in [2.24, 2.45) is 4.99 Å². The highest BCUT2D eigenvalue weighted by molar-refractivity contribution is 14.0. The Morgan fingerprint density at radius 1 is 1.13 bits per heavy atom. The van der Waals surface area contributed by atoms with Crippen LogP contribution in [-0.4, -0.2) is 50.6 Å². The minimum absolute atomic E-state index is 0. The molecule has 0 unspecified atom stereocenters. The van der Waals surface area contributed by atoms with E-state index in [2.05, 4.69) is 34.4 Å². The summed E-state index contributed by atoms with van der Waals surface area (Å²) in [6.45, 7) is 9.80. The Kier molecular flexibility index (Phi) is 14.3. The maximum absolute atomic E-state index is 5.31. The zero-order valence-electron chi connectivity index (χ0n) is 14.8. The van der Waals surface area contributed by atoms with Crippen molar-refractivity contribution in [2.75, 3.05) is 39.8 Å². The number of nitrogens with one attached hydrogen (secondary N) is 2. The average Bonchev–Trinajstić information content (AvgIpc) is 3.03. The highest BCUT2D eigenvalue weighted by Gasteiger charge is 2.03. The summed E-state index contributed by atoms with van der Waals surface area (Å²) in [5.41, 5.74) is 0. The van der Waals surface area contributed by atoms with Crippen molar-refractivity contribution in [1.29, 1.82) is 0 Å². The third-order valence-corrected chi connectivity index (χ3v) is 3.49. The normalized spacial score (nSPS) is 11.4. The molecular weight excluding hydrogens is 403 g/mol. The Hall–Kier alpha value is -0.760. The van der Waals surface area contributed by atoms with E-state index in [0.717, 1.165) is 44.2 Å². The number of halogens is 1. The van der Waals surface area contributed by atoms with Crippen molar-refractivity contribution in [1.82, 2.24) is 15.5 Å². The van der Waals surface area contributed by atoms with Gasteiger partial charge in [0.15, 0.2) is 5.96 Å². The van der Waals surface area contributed by atoms with Gasteiger partial charge in [-0.05, 0) is 51.0 Å². The lowest BCUT2D eigenvalue weighted by Crippen LogP contribution is -2.39. The van der Waals surface area contributed by atoms with Gasteiger partial charge in [-0.15, -0.1) is 24.0 Å². The van der Waals surface area contributed by atoms with Crippen molar-refractivity contribution >= 4 is 29.9 Å². The molecule has 0 bridgehead atoms. The standard InChI is InChI=1S/C17H32N4O.HI/c1-4-12-21(13-5-2)14-7-10-19-17(18-3)20-11-9-16-8-6-15-22-16;/h6,8,15H,4-5,7,9-14H2,1-3H3,(H2,18,19,20);1H. The molecule has 5 nitrogen and oxygen atoms in total. The molecule has 0 aliphatic heterocycles. The van der Waals surface area contributed by atoms with Crippen molar-refractivity contribution in [3.8, 4) is 0 Å². The quantitative estimate of drug-likeness (QED) is 0.242. The van der Waals surface area contributed by atoms with Crippen LogP contribution in [0.1, 0.15) is 38.9 Å². The molecular formula is C17H33IN4O. The fourth-order valence-corrected chi connectivity index (χ4v) is 2.46. The molecule has 1 aromatic rings. The second-order valence-electron chi connectivity index (χ2n) is 5.45. The van der Waals surface area contributed by atoms with Crippen LogP contribution in [-0.2, 0) is 6.42 Å². The van der Waals surface area contributed by atoms with E-state index in [-0.39, 0.29) is 24.0 Å². The summed E-state index contributed by atoms with van der Waals surface area (Å²) in [6, 6.07) is 3.91. The van der Waals surface area contributed by atoms with Gasteiger partial charge < -0.3 is 20.0 Å². The summed E-state index contributed by atoms with van der Waals surface area (Å²) >= 11 is 0. The number of furan rings is 1. The van der Waals surface area contributed by atoms with Gasteiger partial charge >= 0.3 is 0 Å². The molecule has 0 aliphatic rings. The highest BCUT2D eigenvalue weighted by Crippen LogP contribution is 1.99. The van der Waals surface area contributed by atoms with Crippen molar-refractivity contribution < 1.29 is 4.42 Å². The first-order chi connectivity index (χ1) is 10.8. The molecule has 0 radical (unpaired) electrons. The molecule has 0 aliphatic carbocycles. The highest BCUT2D eigenvalue weighted by atomic mass is 127. The number of nitrogens with zero attached hydrogens (tertiary/aromatic N) is 2. The number of rotatable bonds is 11. The van der Waals surface area contributed by atoms with E-state index in [0.29, 0.717) is 0 Å². The first-order valence-electron chi connectivity index (χ1n) is 8.49. The van der Waals surface area contributed by atoms with Gasteiger partial charge in [0.2, 0.25) is 0 Å². The minimum atomic E-state index is 0. The first-order valence-corrected chi connectivity index (χ1v) is 8.49. The fourth-order valence-electron chi connectivity index (χ4n) is 2.46. The van der Waals surface area contributed by atoms with Gasteiger partial charge in [-0.25, -0.2) is 0 Å². The molecule has 0 saturated carbocycles. The first kappa shape index (κ1) is 22.2. The van der Waals surface area contributed by atoms with E-state index in [1.807, 2.05) is 19.2 Å². The Labute approximate surface area is 158 Å². The van der Waals surface area contributed by atoms with Gasteiger partial charge in [-0.2, -0.15) is 0 Å². The smallest absolute Gasteiger partial charge is 0.190 e. The summed E-state index contributed by atoms with van der Waals surface area (Å²) in [7, 11) is 1.81. The van der Waals surface area contributed by atoms with Crippen molar-refractivity contribution in [3.63, 3.8) is 0 Å². The summed E-state index contributed by atoms with van der Waals surface area (Å²) in [5.74, 6) is 1.86. The largest absolute Gasteiger partial charge is 0.469 e. The van der Waals surface area contributed by atoms with Crippen molar-refractivity contribution in [2.45, 2.75) is 39.5 Å². The molecule has 1 aromatic heterocycles. The average molecular weight is 436 g/mol. The number of hydrogen-bond acceptors (Lipinski definition) is 3. The maximum atomic E-state index is 5.31. The SMILES string of the molecule is CCCN(CCC)CCCNC(=NC)NCCc1ccco1.I. The molecule has 0 spiro atoms. The Balaban J connectivity index is 0.00000484. The van der Waals surface area contributed by atoms with Crippen LogP contribution >= 0.6 is 24.0 Å². The van der Waals surface area contributed by atoms with Crippen LogP contribution in [0.2, 0.25) is 0 Å². The van der Waals surface area contributed by atoms with Crippen LogP contribution in [0.25, 0.3) is 0 Å². The third-order valence-electron chi connectivity index (χ3n) is 3.49. The predicted molar refractivity (Wildman–Crippen MR) is 109 cm³/mol. The van der Waals surface area contributed by atoms with E-state index < -0.39 is 0 Å². The topological polar surface area (TPSA) is 52.8 Å². The van der Waals surface area contributed by atoms with E-state index >= 15 is 0 Å². The molecule has 0 fully saturated rings. The van der Waals surface area contributed by atoms with Crippen LogP contribution < -0.4 is 10.6 Å². The molecule has 2 N–H and O–H groups in total. The Morgan fingerprint density at radius 2 is 1.83 bits per heavy atom. The van der Waals surface area contributed by atoms with E-state index in [1.54, 1.807) is 6.26 Å². The van der Waals surface area contributed by atoms with Crippen LogP contribution in [0.4, 0.5) is 0 Å². The zero-order chi connectivity index (χ0) is 16.0. The molecule has 23 heavy (non-hydrogen) atoms. The van der Waals surface area contributed by atoms with Gasteiger partial charge in [0.1, 0.15) is 5.76 Å².